The van der Waals surface area contributed by atoms with Crippen LogP contribution in [0.5, 0.6) is 0 Å². The van der Waals surface area contributed by atoms with E-state index < -0.39 is 0 Å². The van der Waals surface area contributed by atoms with Crippen molar-refractivity contribution in [3.05, 3.63) is 28.5 Å². The molecule has 0 aliphatic heterocycles. The van der Waals surface area contributed by atoms with Crippen molar-refractivity contribution in [3.63, 3.8) is 0 Å². The molecule has 2 heterocycles. The van der Waals surface area contributed by atoms with Crippen LogP contribution in [0.25, 0.3) is 0 Å². The molecule has 2 aromatic rings. The predicted molar refractivity (Wildman–Crippen MR) is 71.5 cm³/mol. The third-order valence-electron chi connectivity index (χ3n) is 2.35. The van der Waals surface area contributed by atoms with E-state index in [4.69, 9.17) is 0 Å². The highest BCUT2D eigenvalue weighted by atomic mass is 32.1. The Balaban J connectivity index is 2.10. The lowest BCUT2D eigenvalue weighted by molar-refractivity contribution is 0.676. The van der Waals surface area contributed by atoms with E-state index in [2.05, 4.69) is 39.9 Å². The molecule has 0 atom stereocenters. The largest absolute Gasteiger partial charge is 0.355 e. The Labute approximate surface area is 106 Å². The maximum absolute atomic E-state index is 4.49. The van der Waals surface area contributed by atoms with Crippen LogP contribution in [-0.2, 0) is 6.54 Å². The van der Waals surface area contributed by atoms with Crippen LogP contribution in [0.3, 0.4) is 0 Å². The molecule has 0 spiro atoms. The summed E-state index contributed by atoms with van der Waals surface area (Å²) in [6, 6.07) is 0. The lowest BCUT2D eigenvalue weighted by atomic mass is 10.2. The van der Waals surface area contributed by atoms with Gasteiger partial charge in [0.1, 0.15) is 5.01 Å². The molecule has 2 aromatic heterocycles. The van der Waals surface area contributed by atoms with Gasteiger partial charge in [-0.3, -0.25) is 0 Å². The topological polar surface area (TPSA) is 42.7 Å². The number of aromatic nitrogens is 3. The van der Waals surface area contributed by atoms with Crippen LogP contribution in [0.1, 0.15) is 24.5 Å². The van der Waals surface area contributed by atoms with Crippen molar-refractivity contribution in [2.24, 2.45) is 5.92 Å². The SMILES string of the molecule is Cc1cn(Cc2nccs2)c(NCC(C)C)n1. The number of aryl methyl sites for hydroxylation is 1. The van der Waals surface area contributed by atoms with E-state index in [1.165, 1.54) is 0 Å². The van der Waals surface area contributed by atoms with Crippen molar-refractivity contribution in [2.45, 2.75) is 27.3 Å². The predicted octanol–water partition coefficient (Wildman–Crippen LogP) is 2.76. The number of rotatable bonds is 5. The Kier molecular flexibility index (Phi) is 3.78. The minimum atomic E-state index is 0.611. The fourth-order valence-electron chi connectivity index (χ4n) is 1.58. The molecule has 17 heavy (non-hydrogen) atoms. The van der Waals surface area contributed by atoms with Gasteiger partial charge in [-0.25, -0.2) is 9.97 Å². The Morgan fingerprint density at radius 3 is 2.94 bits per heavy atom. The minimum absolute atomic E-state index is 0.611. The molecule has 92 valence electrons. The summed E-state index contributed by atoms with van der Waals surface area (Å²) in [5.41, 5.74) is 1.04. The van der Waals surface area contributed by atoms with Gasteiger partial charge in [0.05, 0.1) is 12.2 Å². The molecule has 0 aliphatic rings. The zero-order valence-corrected chi connectivity index (χ0v) is 11.3. The molecule has 0 saturated carbocycles. The second-order valence-electron chi connectivity index (χ2n) is 4.53. The van der Waals surface area contributed by atoms with Gasteiger partial charge in [0.15, 0.2) is 0 Å². The van der Waals surface area contributed by atoms with Gasteiger partial charge in [0.25, 0.3) is 0 Å². The van der Waals surface area contributed by atoms with Crippen molar-refractivity contribution in [1.82, 2.24) is 14.5 Å². The summed E-state index contributed by atoms with van der Waals surface area (Å²) in [7, 11) is 0. The Morgan fingerprint density at radius 1 is 1.47 bits per heavy atom. The van der Waals surface area contributed by atoms with Gasteiger partial charge in [-0.05, 0) is 12.8 Å². The van der Waals surface area contributed by atoms with Crippen LogP contribution in [0.15, 0.2) is 17.8 Å². The van der Waals surface area contributed by atoms with Gasteiger partial charge < -0.3 is 9.88 Å². The second-order valence-corrected chi connectivity index (χ2v) is 5.51. The van der Waals surface area contributed by atoms with Gasteiger partial charge in [0.2, 0.25) is 5.95 Å². The van der Waals surface area contributed by atoms with E-state index in [9.17, 15) is 0 Å². The smallest absolute Gasteiger partial charge is 0.203 e. The number of nitrogens with one attached hydrogen (secondary N) is 1. The van der Waals surface area contributed by atoms with Gasteiger partial charge in [-0.2, -0.15) is 0 Å². The molecule has 0 bridgehead atoms. The van der Waals surface area contributed by atoms with E-state index in [-0.39, 0.29) is 0 Å². The third-order valence-corrected chi connectivity index (χ3v) is 3.12. The maximum atomic E-state index is 4.49. The Morgan fingerprint density at radius 2 is 2.29 bits per heavy atom. The van der Waals surface area contributed by atoms with E-state index in [0.717, 1.165) is 29.7 Å². The first-order valence-electron chi connectivity index (χ1n) is 5.81. The molecular formula is C12H18N4S. The summed E-state index contributed by atoms with van der Waals surface area (Å²) in [4.78, 5) is 8.79. The fraction of sp³-hybridized carbons (Fsp3) is 0.500. The normalized spacial score (nSPS) is 11.1. The van der Waals surface area contributed by atoms with Crippen molar-refractivity contribution in [3.8, 4) is 0 Å². The average Bonchev–Trinajstić information content (AvgIpc) is 2.86. The molecule has 0 aliphatic carbocycles. The maximum Gasteiger partial charge on any atom is 0.203 e. The summed E-state index contributed by atoms with van der Waals surface area (Å²) >= 11 is 1.67. The molecule has 0 fully saturated rings. The standard InChI is InChI=1S/C12H18N4S/c1-9(2)6-14-12-15-10(3)7-16(12)8-11-13-4-5-17-11/h4-5,7,9H,6,8H2,1-3H3,(H,14,15). The second kappa shape index (κ2) is 5.31. The lowest BCUT2D eigenvalue weighted by Crippen LogP contribution is -2.13. The van der Waals surface area contributed by atoms with E-state index in [0.29, 0.717) is 5.92 Å². The zero-order valence-electron chi connectivity index (χ0n) is 10.5. The van der Waals surface area contributed by atoms with Crippen LogP contribution in [-0.4, -0.2) is 21.1 Å². The third kappa shape index (κ3) is 3.30. The van der Waals surface area contributed by atoms with Crippen LogP contribution < -0.4 is 5.32 Å². The zero-order chi connectivity index (χ0) is 12.3. The number of anilines is 1. The summed E-state index contributed by atoms with van der Waals surface area (Å²) in [6.45, 7) is 8.12. The highest BCUT2D eigenvalue weighted by molar-refractivity contribution is 7.09. The van der Waals surface area contributed by atoms with Crippen molar-refractivity contribution in [2.75, 3.05) is 11.9 Å². The number of nitrogens with zero attached hydrogens (tertiary/aromatic N) is 3. The van der Waals surface area contributed by atoms with Crippen LogP contribution in [0.2, 0.25) is 0 Å². The van der Waals surface area contributed by atoms with Gasteiger partial charge >= 0.3 is 0 Å². The van der Waals surface area contributed by atoms with E-state index in [1.807, 2.05) is 18.5 Å². The summed E-state index contributed by atoms with van der Waals surface area (Å²) in [5, 5.41) is 6.48. The molecule has 5 heteroatoms. The molecule has 2 rings (SSSR count). The van der Waals surface area contributed by atoms with Crippen LogP contribution >= 0.6 is 11.3 Å². The number of imidazole rings is 1. The first kappa shape index (κ1) is 12.1. The molecule has 4 nitrogen and oxygen atoms in total. The Hall–Kier alpha value is -1.36. The molecule has 1 N–H and O–H groups in total. The molecule has 0 amide bonds. The lowest BCUT2D eigenvalue weighted by Gasteiger charge is -2.10. The van der Waals surface area contributed by atoms with Crippen LogP contribution in [0, 0.1) is 12.8 Å². The van der Waals surface area contributed by atoms with Gasteiger partial charge in [0, 0.05) is 24.3 Å². The highest BCUT2D eigenvalue weighted by Gasteiger charge is 2.07. The molecule has 0 saturated heterocycles. The first-order chi connectivity index (χ1) is 8.15. The molecular weight excluding hydrogens is 232 g/mol. The van der Waals surface area contributed by atoms with E-state index >= 15 is 0 Å². The molecule has 0 radical (unpaired) electrons. The van der Waals surface area contributed by atoms with Crippen molar-refractivity contribution >= 4 is 17.3 Å². The summed E-state index contributed by atoms with van der Waals surface area (Å²) < 4.78 is 2.12. The number of thiazole rings is 1. The monoisotopic (exact) mass is 250 g/mol. The highest BCUT2D eigenvalue weighted by Crippen LogP contribution is 2.13. The first-order valence-corrected chi connectivity index (χ1v) is 6.69. The van der Waals surface area contributed by atoms with Crippen LogP contribution in [0.4, 0.5) is 5.95 Å². The number of hydrogen-bond donors (Lipinski definition) is 1. The molecule has 0 aromatic carbocycles. The minimum Gasteiger partial charge on any atom is -0.355 e. The van der Waals surface area contributed by atoms with Crippen molar-refractivity contribution < 1.29 is 0 Å². The van der Waals surface area contributed by atoms with Crippen molar-refractivity contribution in [1.29, 1.82) is 0 Å². The quantitative estimate of drug-likeness (QED) is 0.887. The van der Waals surface area contributed by atoms with E-state index in [1.54, 1.807) is 11.3 Å². The number of hydrogen-bond acceptors (Lipinski definition) is 4. The summed E-state index contributed by atoms with van der Waals surface area (Å²) in [5.74, 6) is 1.55. The van der Waals surface area contributed by atoms with Gasteiger partial charge in [-0.1, -0.05) is 13.8 Å². The van der Waals surface area contributed by atoms with Gasteiger partial charge in [-0.15, -0.1) is 11.3 Å². The fourth-order valence-corrected chi connectivity index (χ4v) is 2.19. The Bertz CT molecular complexity index is 459. The molecule has 0 unspecified atom stereocenters. The summed E-state index contributed by atoms with van der Waals surface area (Å²) in [6.07, 6.45) is 3.90. The average molecular weight is 250 g/mol.